The molecule has 0 saturated heterocycles. The standard InChI is InChI=1S/C15H21NO2/c1-5-6-10-18-15-9-7-8-14(11-15)16(3)13(2)12-17-4/h5,7-9,11-12H,1,6,10H2,2-4H3/b13-12+. The maximum Gasteiger partial charge on any atom is 0.121 e. The van der Waals surface area contributed by atoms with E-state index in [1.807, 2.05) is 49.2 Å². The molecular formula is C15H21NO2. The first kappa shape index (κ1) is 14.2. The van der Waals surface area contributed by atoms with Crippen LogP contribution in [0, 0.1) is 0 Å². The highest BCUT2D eigenvalue weighted by atomic mass is 16.5. The van der Waals surface area contributed by atoms with Crippen molar-refractivity contribution in [3.63, 3.8) is 0 Å². The van der Waals surface area contributed by atoms with Gasteiger partial charge in [0.1, 0.15) is 12.0 Å². The third-order valence-corrected chi connectivity index (χ3v) is 2.61. The van der Waals surface area contributed by atoms with E-state index >= 15 is 0 Å². The third kappa shape index (κ3) is 4.17. The number of rotatable bonds is 7. The van der Waals surface area contributed by atoms with Crippen LogP contribution < -0.4 is 9.64 Å². The van der Waals surface area contributed by atoms with Gasteiger partial charge in [0.2, 0.25) is 0 Å². The van der Waals surface area contributed by atoms with Gasteiger partial charge in [0.25, 0.3) is 0 Å². The van der Waals surface area contributed by atoms with Crippen LogP contribution in [-0.4, -0.2) is 20.8 Å². The Bertz CT molecular complexity index is 413. The minimum Gasteiger partial charge on any atom is -0.503 e. The normalized spacial score (nSPS) is 10.9. The van der Waals surface area contributed by atoms with E-state index in [-0.39, 0.29) is 0 Å². The maximum absolute atomic E-state index is 5.63. The predicted octanol–water partition coefficient (Wildman–Crippen LogP) is 3.59. The quantitative estimate of drug-likeness (QED) is 0.417. The van der Waals surface area contributed by atoms with E-state index in [9.17, 15) is 0 Å². The summed E-state index contributed by atoms with van der Waals surface area (Å²) < 4.78 is 10.6. The third-order valence-electron chi connectivity index (χ3n) is 2.61. The van der Waals surface area contributed by atoms with Crippen LogP contribution in [0.5, 0.6) is 5.75 Å². The Kier molecular flexibility index (Phi) is 5.85. The zero-order chi connectivity index (χ0) is 13.4. The van der Waals surface area contributed by atoms with E-state index < -0.39 is 0 Å². The summed E-state index contributed by atoms with van der Waals surface area (Å²) in [7, 11) is 3.64. The summed E-state index contributed by atoms with van der Waals surface area (Å²) in [5.74, 6) is 0.867. The van der Waals surface area contributed by atoms with Crippen LogP contribution >= 0.6 is 0 Å². The van der Waals surface area contributed by atoms with Gasteiger partial charge < -0.3 is 14.4 Å². The molecule has 0 saturated carbocycles. The molecule has 0 aliphatic carbocycles. The average molecular weight is 247 g/mol. The maximum atomic E-state index is 5.63. The molecule has 0 aromatic heterocycles. The summed E-state index contributed by atoms with van der Waals surface area (Å²) in [4.78, 5) is 2.05. The Morgan fingerprint density at radius 3 is 2.89 bits per heavy atom. The molecule has 0 N–H and O–H groups in total. The molecule has 3 nitrogen and oxygen atoms in total. The van der Waals surface area contributed by atoms with Crippen molar-refractivity contribution in [2.45, 2.75) is 13.3 Å². The molecule has 18 heavy (non-hydrogen) atoms. The molecule has 0 bridgehead atoms. The minimum atomic E-state index is 0.656. The molecule has 98 valence electrons. The van der Waals surface area contributed by atoms with E-state index in [4.69, 9.17) is 9.47 Å². The lowest BCUT2D eigenvalue weighted by atomic mass is 10.2. The van der Waals surface area contributed by atoms with Gasteiger partial charge in [0.05, 0.1) is 13.7 Å². The van der Waals surface area contributed by atoms with Crippen LogP contribution in [0.25, 0.3) is 0 Å². The fourth-order valence-corrected chi connectivity index (χ4v) is 1.50. The lowest BCUT2D eigenvalue weighted by Crippen LogP contribution is -2.14. The predicted molar refractivity (Wildman–Crippen MR) is 75.9 cm³/mol. The molecular weight excluding hydrogens is 226 g/mol. The van der Waals surface area contributed by atoms with Gasteiger partial charge in [0, 0.05) is 24.5 Å². The first-order chi connectivity index (χ1) is 8.69. The highest BCUT2D eigenvalue weighted by molar-refractivity contribution is 5.53. The Hall–Kier alpha value is -1.90. The number of methoxy groups -OCH3 is 1. The molecule has 0 heterocycles. The smallest absolute Gasteiger partial charge is 0.121 e. The molecule has 0 aliphatic heterocycles. The van der Waals surface area contributed by atoms with E-state index in [0.29, 0.717) is 6.61 Å². The van der Waals surface area contributed by atoms with Crippen LogP contribution in [-0.2, 0) is 4.74 Å². The minimum absolute atomic E-state index is 0.656. The number of benzene rings is 1. The van der Waals surface area contributed by atoms with Gasteiger partial charge in [0.15, 0.2) is 0 Å². The molecule has 1 rings (SSSR count). The van der Waals surface area contributed by atoms with Crippen LogP contribution in [0.15, 0.2) is 48.9 Å². The highest BCUT2D eigenvalue weighted by Gasteiger charge is 2.04. The fraction of sp³-hybridized carbons (Fsp3) is 0.333. The second-order valence-electron chi connectivity index (χ2n) is 3.98. The van der Waals surface area contributed by atoms with Crippen molar-refractivity contribution < 1.29 is 9.47 Å². The van der Waals surface area contributed by atoms with Gasteiger partial charge in [-0.3, -0.25) is 0 Å². The summed E-state index contributed by atoms with van der Waals surface area (Å²) in [5.41, 5.74) is 2.10. The first-order valence-electron chi connectivity index (χ1n) is 5.96. The van der Waals surface area contributed by atoms with Crippen LogP contribution in [0.2, 0.25) is 0 Å². The monoisotopic (exact) mass is 247 g/mol. The van der Waals surface area contributed by atoms with Gasteiger partial charge in [-0.05, 0) is 25.5 Å². The SMILES string of the molecule is C=CCCOc1cccc(N(C)/C(C)=C/OC)c1. The zero-order valence-electron chi connectivity index (χ0n) is 11.3. The van der Waals surface area contributed by atoms with Crippen molar-refractivity contribution in [3.8, 4) is 5.75 Å². The van der Waals surface area contributed by atoms with Gasteiger partial charge in [-0.2, -0.15) is 0 Å². The molecule has 3 heteroatoms. The lowest BCUT2D eigenvalue weighted by molar-refractivity contribution is 0.325. The number of allylic oxidation sites excluding steroid dienone is 1. The largest absolute Gasteiger partial charge is 0.503 e. The summed E-state index contributed by atoms with van der Waals surface area (Å²) >= 11 is 0. The summed E-state index contributed by atoms with van der Waals surface area (Å²) in [6.45, 7) is 6.32. The summed E-state index contributed by atoms with van der Waals surface area (Å²) in [6, 6.07) is 7.98. The highest BCUT2D eigenvalue weighted by Crippen LogP contribution is 2.22. The number of hydrogen-bond donors (Lipinski definition) is 0. The number of hydrogen-bond acceptors (Lipinski definition) is 3. The molecule has 0 fully saturated rings. The molecule has 0 atom stereocenters. The number of nitrogens with zero attached hydrogens (tertiary/aromatic N) is 1. The Labute approximate surface area is 109 Å². The van der Waals surface area contributed by atoms with Crippen molar-refractivity contribution in [1.29, 1.82) is 0 Å². The van der Waals surface area contributed by atoms with Gasteiger partial charge in [-0.25, -0.2) is 0 Å². The van der Waals surface area contributed by atoms with Crippen molar-refractivity contribution in [2.75, 3.05) is 25.7 Å². The second-order valence-corrected chi connectivity index (χ2v) is 3.98. The van der Waals surface area contributed by atoms with Gasteiger partial charge in [-0.1, -0.05) is 12.1 Å². The topological polar surface area (TPSA) is 21.7 Å². The fourth-order valence-electron chi connectivity index (χ4n) is 1.50. The zero-order valence-corrected chi connectivity index (χ0v) is 11.3. The van der Waals surface area contributed by atoms with E-state index in [2.05, 4.69) is 6.58 Å². The van der Waals surface area contributed by atoms with E-state index in [1.54, 1.807) is 13.4 Å². The first-order valence-corrected chi connectivity index (χ1v) is 5.96. The number of anilines is 1. The van der Waals surface area contributed by atoms with Crippen molar-refractivity contribution in [2.24, 2.45) is 0 Å². The van der Waals surface area contributed by atoms with E-state index in [1.165, 1.54) is 0 Å². The molecule has 0 aliphatic rings. The van der Waals surface area contributed by atoms with Crippen molar-refractivity contribution in [3.05, 3.63) is 48.9 Å². The second kappa shape index (κ2) is 7.43. The van der Waals surface area contributed by atoms with Crippen LogP contribution in [0.3, 0.4) is 0 Å². The average Bonchev–Trinajstić information content (AvgIpc) is 2.39. The van der Waals surface area contributed by atoms with Crippen molar-refractivity contribution in [1.82, 2.24) is 0 Å². The lowest BCUT2D eigenvalue weighted by Gasteiger charge is -2.20. The molecule has 0 amide bonds. The molecule has 0 radical (unpaired) electrons. The van der Waals surface area contributed by atoms with E-state index in [0.717, 1.165) is 23.6 Å². The molecule has 1 aromatic carbocycles. The summed E-state index contributed by atoms with van der Waals surface area (Å²) in [6.07, 6.45) is 4.41. The Morgan fingerprint density at radius 1 is 1.44 bits per heavy atom. The van der Waals surface area contributed by atoms with Crippen LogP contribution in [0.4, 0.5) is 5.69 Å². The molecule has 0 spiro atoms. The molecule has 1 aromatic rings. The van der Waals surface area contributed by atoms with Gasteiger partial charge in [-0.15, -0.1) is 6.58 Å². The summed E-state index contributed by atoms with van der Waals surface area (Å²) in [5, 5.41) is 0. The number of ether oxygens (including phenoxy) is 2. The van der Waals surface area contributed by atoms with Crippen LogP contribution in [0.1, 0.15) is 13.3 Å². The Balaban J connectivity index is 2.74. The van der Waals surface area contributed by atoms with Crippen molar-refractivity contribution >= 4 is 5.69 Å². The Morgan fingerprint density at radius 2 is 2.22 bits per heavy atom. The molecule has 0 unspecified atom stereocenters. The van der Waals surface area contributed by atoms with Gasteiger partial charge >= 0.3 is 0 Å².